The first-order valence-corrected chi connectivity index (χ1v) is 7.18. The second-order valence-electron chi connectivity index (χ2n) is 5.53. The smallest absolute Gasteiger partial charge is 0.339 e. The van der Waals surface area contributed by atoms with Crippen molar-refractivity contribution in [1.29, 1.82) is 0 Å². The molecule has 0 spiro atoms. The van der Waals surface area contributed by atoms with Crippen molar-refractivity contribution in [3.63, 3.8) is 0 Å². The van der Waals surface area contributed by atoms with Crippen LogP contribution in [0.2, 0.25) is 0 Å². The van der Waals surface area contributed by atoms with Crippen LogP contribution in [0.15, 0.2) is 12.2 Å². The van der Waals surface area contributed by atoms with Crippen LogP contribution in [-0.2, 0) is 4.79 Å². The van der Waals surface area contributed by atoms with E-state index < -0.39 is 42.8 Å². The van der Waals surface area contributed by atoms with Crippen molar-refractivity contribution in [2.75, 3.05) is 13.1 Å². The van der Waals surface area contributed by atoms with Crippen LogP contribution < -0.4 is 0 Å². The molecule has 0 aromatic carbocycles. The van der Waals surface area contributed by atoms with Crippen LogP contribution in [0.5, 0.6) is 0 Å². The molecule has 0 atom stereocenters. The maximum Gasteiger partial charge on any atom is 0.460 e. The van der Waals surface area contributed by atoms with E-state index in [9.17, 15) is 44.3 Å². The number of carbonyl (C=O) groups is 1. The molecule has 0 aromatic rings. The Hall–Kier alpha value is -1.42. The molecule has 0 aliphatic heterocycles. The average Bonchev–Trinajstić information content (AvgIpc) is 2.44. The number of hydrogen-bond donors (Lipinski definition) is 0. The first-order valence-electron chi connectivity index (χ1n) is 7.18. The van der Waals surface area contributed by atoms with E-state index in [1.807, 2.05) is 0 Å². The highest BCUT2D eigenvalue weighted by Crippen LogP contribution is 2.54. The van der Waals surface area contributed by atoms with Crippen molar-refractivity contribution in [1.82, 2.24) is 4.90 Å². The Morgan fingerprint density at radius 2 is 1.40 bits per heavy atom. The monoisotopic (exact) mass is 387 g/mol. The third kappa shape index (κ3) is 5.04. The second-order valence-corrected chi connectivity index (χ2v) is 5.53. The van der Waals surface area contributed by atoms with Crippen LogP contribution in [0, 0.1) is 0 Å². The van der Waals surface area contributed by atoms with Crippen LogP contribution >= 0.6 is 0 Å². The van der Waals surface area contributed by atoms with Crippen LogP contribution in [0.4, 0.5) is 39.5 Å². The summed E-state index contributed by atoms with van der Waals surface area (Å²) < 4.78 is 115. The number of halogens is 9. The van der Waals surface area contributed by atoms with E-state index in [1.54, 1.807) is 6.92 Å². The molecule has 148 valence electrons. The van der Waals surface area contributed by atoms with Gasteiger partial charge in [0.2, 0.25) is 5.91 Å². The van der Waals surface area contributed by atoms with Crippen LogP contribution in [0.3, 0.4) is 0 Å². The predicted octanol–water partition coefficient (Wildman–Crippen LogP) is 5.05. The van der Waals surface area contributed by atoms with E-state index in [1.165, 1.54) is 6.92 Å². The third-order valence-electron chi connectivity index (χ3n) is 3.34. The Bertz CT molecular complexity index is 485. The van der Waals surface area contributed by atoms with Gasteiger partial charge in [-0.3, -0.25) is 4.79 Å². The van der Waals surface area contributed by atoms with Crippen LogP contribution in [-0.4, -0.2) is 47.8 Å². The summed E-state index contributed by atoms with van der Waals surface area (Å²) in [6.07, 6.45) is -8.12. The van der Waals surface area contributed by atoms with Crippen molar-refractivity contribution in [3.8, 4) is 0 Å². The molecule has 0 aromatic heterocycles. The van der Waals surface area contributed by atoms with Gasteiger partial charge in [-0.1, -0.05) is 19.9 Å². The average molecular weight is 387 g/mol. The summed E-state index contributed by atoms with van der Waals surface area (Å²) in [5.41, 5.74) is -0.119. The molecule has 0 N–H and O–H groups in total. The largest absolute Gasteiger partial charge is 0.460 e. The van der Waals surface area contributed by atoms with Gasteiger partial charge < -0.3 is 4.90 Å². The SMILES string of the molecule is C=C(C)C(=O)N(CCCC)CCC(F)(F)C(F)(F)C(F)(F)C(F)(F)F. The fourth-order valence-electron chi connectivity index (χ4n) is 1.77. The second kappa shape index (κ2) is 7.86. The van der Waals surface area contributed by atoms with Gasteiger partial charge in [-0.05, 0) is 13.3 Å². The molecule has 11 heteroatoms. The summed E-state index contributed by atoms with van der Waals surface area (Å²) in [4.78, 5) is 12.4. The first kappa shape index (κ1) is 23.6. The molecule has 0 heterocycles. The van der Waals surface area contributed by atoms with Gasteiger partial charge in [0.1, 0.15) is 0 Å². The quantitative estimate of drug-likeness (QED) is 0.401. The minimum absolute atomic E-state index is 0.119. The summed E-state index contributed by atoms with van der Waals surface area (Å²) in [5, 5.41) is 0. The van der Waals surface area contributed by atoms with Crippen molar-refractivity contribution in [3.05, 3.63) is 12.2 Å². The van der Waals surface area contributed by atoms with Crippen LogP contribution in [0.1, 0.15) is 33.1 Å². The van der Waals surface area contributed by atoms with Gasteiger partial charge >= 0.3 is 23.9 Å². The first-order chi connectivity index (χ1) is 11.0. The predicted molar refractivity (Wildman–Crippen MR) is 71.8 cm³/mol. The molecule has 25 heavy (non-hydrogen) atoms. The molecule has 0 unspecified atom stereocenters. The normalized spacial score (nSPS) is 13.7. The minimum Gasteiger partial charge on any atom is -0.339 e. The van der Waals surface area contributed by atoms with Gasteiger partial charge in [0, 0.05) is 25.1 Å². The molecule has 0 radical (unpaired) electrons. The number of nitrogens with zero attached hydrogens (tertiary/aromatic N) is 1. The number of unbranched alkanes of at least 4 members (excludes halogenated alkanes) is 1. The highest BCUT2D eigenvalue weighted by molar-refractivity contribution is 5.92. The third-order valence-corrected chi connectivity index (χ3v) is 3.34. The van der Waals surface area contributed by atoms with Crippen molar-refractivity contribution < 1.29 is 44.3 Å². The van der Waals surface area contributed by atoms with Gasteiger partial charge in [0.05, 0.1) is 0 Å². The zero-order chi connectivity index (χ0) is 20.3. The Kier molecular flexibility index (Phi) is 7.41. The highest BCUT2D eigenvalue weighted by Gasteiger charge is 2.81. The van der Waals surface area contributed by atoms with Gasteiger partial charge in [0.25, 0.3) is 0 Å². The van der Waals surface area contributed by atoms with Gasteiger partial charge in [-0.15, -0.1) is 0 Å². The fraction of sp³-hybridized carbons (Fsp3) is 0.786. The zero-order valence-corrected chi connectivity index (χ0v) is 13.5. The molecule has 0 saturated carbocycles. The number of carbonyl (C=O) groups excluding carboxylic acids is 1. The molecule has 1 amide bonds. The Morgan fingerprint density at radius 1 is 0.920 bits per heavy atom. The molecule has 0 saturated heterocycles. The molecule has 0 fully saturated rings. The summed E-state index contributed by atoms with van der Waals surface area (Å²) in [6.45, 7) is 4.87. The fourth-order valence-corrected chi connectivity index (χ4v) is 1.77. The lowest BCUT2D eigenvalue weighted by Gasteiger charge is -2.34. The lowest BCUT2D eigenvalue weighted by molar-refractivity contribution is -0.396. The van der Waals surface area contributed by atoms with Crippen LogP contribution in [0.25, 0.3) is 0 Å². The number of rotatable bonds is 9. The lowest BCUT2D eigenvalue weighted by atomic mass is 10.0. The van der Waals surface area contributed by atoms with Crippen molar-refractivity contribution >= 4 is 5.91 Å². The molecule has 0 bridgehead atoms. The minimum atomic E-state index is -6.92. The molecular weight excluding hydrogens is 369 g/mol. The Balaban J connectivity index is 5.39. The maximum atomic E-state index is 13.5. The number of hydrogen-bond acceptors (Lipinski definition) is 1. The summed E-state index contributed by atoms with van der Waals surface area (Å²) in [7, 11) is 0. The summed E-state index contributed by atoms with van der Waals surface area (Å²) >= 11 is 0. The van der Waals surface area contributed by atoms with E-state index in [0.717, 1.165) is 0 Å². The zero-order valence-electron chi connectivity index (χ0n) is 13.5. The Morgan fingerprint density at radius 3 is 1.76 bits per heavy atom. The summed E-state index contributed by atoms with van der Waals surface area (Å²) in [6, 6.07) is 0. The Labute approximate surface area is 138 Å². The summed E-state index contributed by atoms with van der Waals surface area (Å²) in [5.74, 6) is -20.2. The topological polar surface area (TPSA) is 20.3 Å². The highest BCUT2D eigenvalue weighted by atomic mass is 19.4. The van der Waals surface area contributed by atoms with E-state index >= 15 is 0 Å². The molecule has 2 nitrogen and oxygen atoms in total. The van der Waals surface area contributed by atoms with Gasteiger partial charge in [-0.2, -0.15) is 39.5 Å². The van der Waals surface area contributed by atoms with E-state index in [-0.39, 0.29) is 12.1 Å². The van der Waals surface area contributed by atoms with E-state index in [2.05, 4.69) is 6.58 Å². The molecule has 0 aliphatic rings. The standard InChI is InChI=1S/C14H18F9NO/c1-4-5-7-24(10(25)9(2)3)8-6-11(15,16)12(17,18)13(19,20)14(21,22)23/h2,4-8H2,1,3H3. The van der Waals surface area contributed by atoms with Gasteiger partial charge in [0.15, 0.2) is 0 Å². The van der Waals surface area contributed by atoms with Gasteiger partial charge in [-0.25, -0.2) is 0 Å². The number of amides is 1. The maximum absolute atomic E-state index is 13.5. The molecule has 0 rings (SSSR count). The number of alkyl halides is 9. The lowest BCUT2D eigenvalue weighted by Crippen LogP contribution is -2.61. The molecular formula is C14H18F9NO. The van der Waals surface area contributed by atoms with Crippen molar-refractivity contribution in [2.45, 2.75) is 57.1 Å². The van der Waals surface area contributed by atoms with E-state index in [4.69, 9.17) is 0 Å². The molecule has 0 aliphatic carbocycles. The van der Waals surface area contributed by atoms with E-state index in [0.29, 0.717) is 17.7 Å². The van der Waals surface area contributed by atoms with Crippen molar-refractivity contribution in [2.24, 2.45) is 0 Å².